The molecule has 2 aliphatic heterocycles. The highest BCUT2D eigenvalue weighted by molar-refractivity contribution is 5.75. The number of carbonyl (C=O) groups is 1. The Balaban J connectivity index is 1.49. The molecule has 0 radical (unpaired) electrons. The smallest absolute Gasteiger partial charge is 0.317 e. The molecule has 1 saturated carbocycles. The topological polar surface area (TPSA) is 44.8 Å². The number of rotatable bonds is 4. The van der Waals surface area contributed by atoms with Crippen molar-refractivity contribution in [3.05, 3.63) is 0 Å². The van der Waals surface area contributed by atoms with Crippen molar-refractivity contribution in [1.82, 2.24) is 15.1 Å². The van der Waals surface area contributed by atoms with Crippen LogP contribution < -0.4 is 5.32 Å². The normalized spacial score (nSPS) is 31.2. The molecule has 0 bridgehead atoms. The van der Waals surface area contributed by atoms with Crippen LogP contribution in [0, 0.1) is 5.92 Å². The van der Waals surface area contributed by atoms with Crippen LogP contribution in [0.3, 0.4) is 0 Å². The highest BCUT2D eigenvalue weighted by Crippen LogP contribution is 2.32. The first-order valence-electron chi connectivity index (χ1n) is 10.0. The van der Waals surface area contributed by atoms with Crippen LogP contribution in [0.2, 0.25) is 0 Å². The van der Waals surface area contributed by atoms with Gasteiger partial charge in [0.2, 0.25) is 0 Å². The van der Waals surface area contributed by atoms with Crippen molar-refractivity contribution in [2.45, 2.75) is 76.5 Å². The Morgan fingerprint density at radius 3 is 2.71 bits per heavy atom. The number of hydrogen-bond acceptors (Lipinski definition) is 3. The van der Waals surface area contributed by atoms with Gasteiger partial charge >= 0.3 is 6.03 Å². The number of nitrogens with zero attached hydrogens (tertiary/aromatic N) is 2. The molecule has 1 N–H and O–H groups in total. The second-order valence-electron chi connectivity index (χ2n) is 8.14. The maximum Gasteiger partial charge on any atom is 0.317 e. The van der Waals surface area contributed by atoms with E-state index in [0.29, 0.717) is 6.04 Å². The Labute approximate surface area is 147 Å². The molecule has 5 heteroatoms. The van der Waals surface area contributed by atoms with E-state index in [0.717, 1.165) is 38.6 Å². The van der Waals surface area contributed by atoms with Gasteiger partial charge in [-0.25, -0.2) is 4.79 Å². The minimum absolute atomic E-state index is 0.0659. The van der Waals surface area contributed by atoms with Crippen LogP contribution in [0.5, 0.6) is 0 Å². The van der Waals surface area contributed by atoms with Gasteiger partial charge in [-0.1, -0.05) is 32.1 Å². The second kappa shape index (κ2) is 8.52. The Bertz CT molecular complexity index is 411. The van der Waals surface area contributed by atoms with Crippen molar-refractivity contribution in [2.24, 2.45) is 5.92 Å². The molecular weight excluding hydrogens is 302 g/mol. The molecule has 24 heavy (non-hydrogen) atoms. The van der Waals surface area contributed by atoms with Crippen molar-refractivity contribution in [2.75, 3.05) is 33.3 Å². The Morgan fingerprint density at radius 1 is 1.17 bits per heavy atom. The molecule has 0 aromatic carbocycles. The average Bonchev–Trinajstić information content (AvgIpc) is 3.04. The zero-order valence-corrected chi connectivity index (χ0v) is 15.5. The molecule has 0 aromatic rings. The van der Waals surface area contributed by atoms with Crippen molar-refractivity contribution in [1.29, 1.82) is 0 Å². The number of nitrogens with one attached hydrogen (secondary N) is 1. The minimum atomic E-state index is 0.0659. The SMILES string of the molecule is CC(NC(=O)N1CCCC1CC1CCCCC1)C1CN(C)CCO1. The summed E-state index contributed by atoms with van der Waals surface area (Å²) in [6.07, 6.45) is 10.5. The molecular formula is C19H35N3O2. The van der Waals surface area contributed by atoms with Gasteiger partial charge in [-0.3, -0.25) is 0 Å². The third kappa shape index (κ3) is 4.63. The Morgan fingerprint density at radius 2 is 1.96 bits per heavy atom. The van der Waals surface area contributed by atoms with Gasteiger partial charge in [0.1, 0.15) is 0 Å². The third-order valence-electron chi connectivity index (χ3n) is 6.17. The van der Waals surface area contributed by atoms with Gasteiger partial charge in [0.15, 0.2) is 0 Å². The first kappa shape index (κ1) is 18.0. The van der Waals surface area contributed by atoms with E-state index in [1.165, 1.54) is 44.9 Å². The number of carbonyl (C=O) groups excluding carboxylic acids is 1. The van der Waals surface area contributed by atoms with Crippen molar-refractivity contribution < 1.29 is 9.53 Å². The van der Waals surface area contributed by atoms with Crippen molar-refractivity contribution in [3.63, 3.8) is 0 Å². The van der Waals surface area contributed by atoms with Crippen LogP contribution in [0.4, 0.5) is 4.79 Å². The summed E-state index contributed by atoms with van der Waals surface area (Å²) in [5.41, 5.74) is 0. The summed E-state index contributed by atoms with van der Waals surface area (Å²) < 4.78 is 5.85. The summed E-state index contributed by atoms with van der Waals surface area (Å²) in [6.45, 7) is 5.63. The number of morpholine rings is 1. The Hall–Kier alpha value is -0.810. The van der Waals surface area contributed by atoms with Crippen molar-refractivity contribution in [3.8, 4) is 0 Å². The van der Waals surface area contributed by atoms with Crippen LogP contribution in [0.25, 0.3) is 0 Å². The molecule has 3 aliphatic rings. The molecule has 1 aliphatic carbocycles. The van der Waals surface area contributed by atoms with Gasteiger partial charge in [-0.2, -0.15) is 0 Å². The molecule has 2 saturated heterocycles. The summed E-state index contributed by atoms with van der Waals surface area (Å²) in [5, 5.41) is 3.21. The number of ether oxygens (including phenoxy) is 1. The lowest BCUT2D eigenvalue weighted by molar-refractivity contribution is -0.0341. The highest BCUT2D eigenvalue weighted by Gasteiger charge is 2.33. The Kier molecular flexibility index (Phi) is 6.39. The molecule has 2 amide bonds. The summed E-state index contributed by atoms with van der Waals surface area (Å²) in [4.78, 5) is 17.2. The predicted octanol–water partition coefficient (Wildman–Crippen LogP) is 2.85. The van der Waals surface area contributed by atoms with Crippen LogP contribution in [0.15, 0.2) is 0 Å². The first-order valence-corrected chi connectivity index (χ1v) is 10.0. The second-order valence-corrected chi connectivity index (χ2v) is 8.14. The van der Waals surface area contributed by atoms with Gasteiger partial charge in [0, 0.05) is 25.7 Å². The fourth-order valence-corrected chi connectivity index (χ4v) is 4.64. The number of hydrogen-bond donors (Lipinski definition) is 1. The lowest BCUT2D eigenvalue weighted by atomic mass is 9.84. The van der Waals surface area contributed by atoms with Gasteiger partial charge in [-0.15, -0.1) is 0 Å². The van der Waals surface area contributed by atoms with E-state index >= 15 is 0 Å². The van der Waals surface area contributed by atoms with Crippen LogP contribution in [-0.4, -0.2) is 67.3 Å². The van der Waals surface area contributed by atoms with E-state index in [1.807, 2.05) is 0 Å². The van der Waals surface area contributed by atoms with Gasteiger partial charge in [-0.05, 0) is 39.2 Å². The van der Waals surface area contributed by atoms with Crippen molar-refractivity contribution >= 4 is 6.03 Å². The van der Waals surface area contributed by atoms with Crippen LogP contribution >= 0.6 is 0 Å². The zero-order valence-electron chi connectivity index (χ0n) is 15.5. The summed E-state index contributed by atoms with van der Waals surface area (Å²) in [7, 11) is 2.12. The quantitative estimate of drug-likeness (QED) is 0.858. The van der Waals surface area contributed by atoms with E-state index in [-0.39, 0.29) is 18.2 Å². The third-order valence-corrected chi connectivity index (χ3v) is 6.17. The number of likely N-dealkylation sites (N-methyl/N-ethyl adjacent to an activating group) is 1. The molecule has 3 atom stereocenters. The van der Waals surface area contributed by atoms with E-state index in [4.69, 9.17) is 4.74 Å². The van der Waals surface area contributed by atoms with Crippen LogP contribution in [0.1, 0.15) is 58.3 Å². The lowest BCUT2D eigenvalue weighted by Gasteiger charge is -2.35. The molecule has 3 fully saturated rings. The van der Waals surface area contributed by atoms with E-state index in [9.17, 15) is 4.79 Å². The first-order chi connectivity index (χ1) is 11.6. The minimum Gasteiger partial charge on any atom is -0.373 e. The summed E-state index contributed by atoms with van der Waals surface area (Å²) in [6, 6.07) is 0.643. The molecule has 3 rings (SSSR count). The molecule has 2 heterocycles. The molecule has 0 aromatic heterocycles. The molecule has 3 unspecified atom stereocenters. The number of likely N-dealkylation sites (tertiary alicyclic amines) is 1. The fraction of sp³-hybridized carbons (Fsp3) is 0.947. The predicted molar refractivity (Wildman–Crippen MR) is 96.2 cm³/mol. The van der Waals surface area contributed by atoms with Gasteiger partial charge in [0.05, 0.1) is 18.8 Å². The number of amides is 2. The van der Waals surface area contributed by atoms with Gasteiger partial charge < -0.3 is 19.9 Å². The lowest BCUT2D eigenvalue weighted by Crippen LogP contribution is -2.54. The van der Waals surface area contributed by atoms with Gasteiger partial charge in [0.25, 0.3) is 0 Å². The molecule has 0 spiro atoms. The van der Waals surface area contributed by atoms with E-state index < -0.39 is 0 Å². The number of urea groups is 1. The van der Waals surface area contributed by atoms with E-state index in [2.05, 4.69) is 29.1 Å². The summed E-state index contributed by atoms with van der Waals surface area (Å²) in [5.74, 6) is 0.838. The maximum atomic E-state index is 12.8. The largest absolute Gasteiger partial charge is 0.373 e. The fourth-order valence-electron chi connectivity index (χ4n) is 4.64. The van der Waals surface area contributed by atoms with Crippen LogP contribution in [-0.2, 0) is 4.74 Å². The maximum absolute atomic E-state index is 12.8. The zero-order chi connectivity index (χ0) is 16.9. The average molecular weight is 338 g/mol. The molecule has 138 valence electrons. The highest BCUT2D eigenvalue weighted by atomic mass is 16.5. The monoisotopic (exact) mass is 337 g/mol. The van der Waals surface area contributed by atoms with E-state index in [1.54, 1.807) is 0 Å². The molecule has 5 nitrogen and oxygen atoms in total. The summed E-state index contributed by atoms with van der Waals surface area (Å²) >= 11 is 0. The standard InChI is InChI=1S/C19H35N3O2/c1-15(18-14-21(2)11-12-24-18)20-19(23)22-10-6-9-17(22)13-16-7-4-3-5-8-16/h15-18H,3-14H2,1-2H3,(H,20,23).